The van der Waals surface area contributed by atoms with E-state index < -0.39 is 6.10 Å². The molecule has 0 aromatic carbocycles. The quantitative estimate of drug-likeness (QED) is 0.731. The van der Waals surface area contributed by atoms with Gasteiger partial charge in [-0.3, -0.25) is 0 Å². The van der Waals surface area contributed by atoms with E-state index in [1.54, 1.807) is 12.3 Å². The summed E-state index contributed by atoms with van der Waals surface area (Å²) >= 11 is 0. The van der Waals surface area contributed by atoms with Crippen LogP contribution in [0.4, 0.5) is 0 Å². The third kappa shape index (κ3) is 2.74. The molecule has 0 saturated carbocycles. The van der Waals surface area contributed by atoms with Crippen LogP contribution in [-0.4, -0.2) is 11.2 Å². The maximum Gasteiger partial charge on any atom is 0.109 e. The molecule has 1 N–H and O–H groups in total. The lowest BCUT2D eigenvalue weighted by molar-refractivity contribution is 0.194. The first-order valence-corrected chi connectivity index (χ1v) is 4.91. The fourth-order valence-corrected chi connectivity index (χ4v) is 1.41. The molecule has 0 fully saturated rings. The number of aliphatic hydroxyl groups is 1. The van der Waals surface area contributed by atoms with Gasteiger partial charge in [-0.15, -0.1) is 6.58 Å². The highest BCUT2D eigenvalue weighted by Gasteiger charge is 2.23. The number of furan rings is 1. The van der Waals surface area contributed by atoms with Gasteiger partial charge in [0.25, 0.3) is 0 Å². The van der Waals surface area contributed by atoms with Gasteiger partial charge in [-0.2, -0.15) is 0 Å². The zero-order valence-corrected chi connectivity index (χ0v) is 8.86. The summed E-state index contributed by atoms with van der Waals surface area (Å²) in [5.74, 6) is 0.966. The standard InChI is InChI=1S/C12H18O2/c1-4-10(13)7-8-12(2,3)11-6-5-9-14-11/h4-6,9-10,13H,1,7-8H2,2-3H3. The first kappa shape index (κ1) is 11.1. The van der Waals surface area contributed by atoms with Crippen molar-refractivity contribution in [1.82, 2.24) is 0 Å². The van der Waals surface area contributed by atoms with Crippen LogP contribution in [0.2, 0.25) is 0 Å². The molecule has 1 unspecified atom stereocenters. The normalized spacial score (nSPS) is 13.9. The topological polar surface area (TPSA) is 33.4 Å². The summed E-state index contributed by atoms with van der Waals surface area (Å²) in [6.07, 6.45) is 4.44. The lowest BCUT2D eigenvalue weighted by atomic mass is 9.84. The van der Waals surface area contributed by atoms with Crippen molar-refractivity contribution in [3.63, 3.8) is 0 Å². The van der Waals surface area contributed by atoms with E-state index in [1.165, 1.54) is 0 Å². The molecule has 0 aliphatic carbocycles. The molecule has 78 valence electrons. The molecule has 2 nitrogen and oxygen atoms in total. The summed E-state index contributed by atoms with van der Waals surface area (Å²) in [5, 5.41) is 9.37. The first-order chi connectivity index (χ1) is 6.56. The minimum Gasteiger partial charge on any atom is -0.469 e. The molecule has 1 atom stereocenters. The van der Waals surface area contributed by atoms with Crippen LogP contribution >= 0.6 is 0 Å². The molecule has 1 aromatic heterocycles. The third-order valence-corrected chi connectivity index (χ3v) is 2.53. The monoisotopic (exact) mass is 194 g/mol. The molecular formula is C12H18O2. The smallest absolute Gasteiger partial charge is 0.109 e. The Hall–Kier alpha value is -1.02. The fourth-order valence-electron chi connectivity index (χ4n) is 1.41. The van der Waals surface area contributed by atoms with Gasteiger partial charge in [-0.05, 0) is 25.0 Å². The lowest BCUT2D eigenvalue weighted by Gasteiger charge is -2.22. The van der Waals surface area contributed by atoms with Crippen molar-refractivity contribution in [3.8, 4) is 0 Å². The largest absolute Gasteiger partial charge is 0.469 e. The Labute approximate surface area is 85.2 Å². The van der Waals surface area contributed by atoms with E-state index in [-0.39, 0.29) is 5.41 Å². The highest BCUT2D eigenvalue weighted by Crippen LogP contribution is 2.29. The summed E-state index contributed by atoms with van der Waals surface area (Å²) < 4.78 is 5.36. The van der Waals surface area contributed by atoms with Gasteiger partial charge in [-0.25, -0.2) is 0 Å². The Morgan fingerprint density at radius 2 is 2.36 bits per heavy atom. The first-order valence-electron chi connectivity index (χ1n) is 4.91. The Morgan fingerprint density at radius 3 is 2.86 bits per heavy atom. The van der Waals surface area contributed by atoms with Crippen LogP contribution in [0.1, 0.15) is 32.4 Å². The molecule has 0 aliphatic heterocycles. The SMILES string of the molecule is C=CC(O)CCC(C)(C)c1ccco1. The average molecular weight is 194 g/mol. The van der Waals surface area contributed by atoms with E-state index >= 15 is 0 Å². The Bertz CT molecular complexity index is 273. The molecule has 0 aliphatic rings. The van der Waals surface area contributed by atoms with Crippen LogP contribution in [0, 0.1) is 0 Å². The summed E-state index contributed by atoms with van der Waals surface area (Å²) in [4.78, 5) is 0. The Morgan fingerprint density at radius 1 is 1.64 bits per heavy atom. The van der Waals surface area contributed by atoms with E-state index in [1.807, 2.05) is 12.1 Å². The zero-order valence-electron chi connectivity index (χ0n) is 8.86. The van der Waals surface area contributed by atoms with E-state index in [0.29, 0.717) is 0 Å². The van der Waals surface area contributed by atoms with Gasteiger partial charge in [-0.1, -0.05) is 19.9 Å². The second-order valence-electron chi connectivity index (χ2n) is 4.20. The van der Waals surface area contributed by atoms with Crippen LogP contribution in [0.25, 0.3) is 0 Å². The second kappa shape index (κ2) is 4.47. The Kier molecular flexibility index (Phi) is 3.53. The maximum absolute atomic E-state index is 9.37. The third-order valence-electron chi connectivity index (χ3n) is 2.53. The number of hydrogen-bond acceptors (Lipinski definition) is 2. The van der Waals surface area contributed by atoms with Crippen LogP contribution in [0.15, 0.2) is 35.5 Å². The molecular weight excluding hydrogens is 176 g/mol. The van der Waals surface area contributed by atoms with Gasteiger partial charge in [0.2, 0.25) is 0 Å². The maximum atomic E-state index is 9.37. The number of rotatable bonds is 5. The summed E-state index contributed by atoms with van der Waals surface area (Å²) in [7, 11) is 0. The zero-order chi connectivity index (χ0) is 10.6. The molecule has 14 heavy (non-hydrogen) atoms. The second-order valence-corrected chi connectivity index (χ2v) is 4.20. The van der Waals surface area contributed by atoms with E-state index in [4.69, 9.17) is 4.42 Å². The van der Waals surface area contributed by atoms with Gasteiger partial charge >= 0.3 is 0 Å². The molecule has 0 saturated heterocycles. The van der Waals surface area contributed by atoms with Crippen molar-refractivity contribution in [1.29, 1.82) is 0 Å². The van der Waals surface area contributed by atoms with Crippen molar-refractivity contribution in [3.05, 3.63) is 36.8 Å². The van der Waals surface area contributed by atoms with Crippen LogP contribution < -0.4 is 0 Å². The van der Waals surface area contributed by atoms with Gasteiger partial charge in [0.15, 0.2) is 0 Å². The molecule has 0 spiro atoms. The Balaban J connectivity index is 2.54. The van der Waals surface area contributed by atoms with Gasteiger partial charge in [0.05, 0.1) is 12.4 Å². The van der Waals surface area contributed by atoms with E-state index in [9.17, 15) is 5.11 Å². The predicted octanol–water partition coefficient (Wildman–Crippen LogP) is 2.88. The van der Waals surface area contributed by atoms with Crippen molar-refractivity contribution in [2.75, 3.05) is 0 Å². The van der Waals surface area contributed by atoms with Crippen LogP contribution in [-0.2, 0) is 5.41 Å². The van der Waals surface area contributed by atoms with Gasteiger partial charge in [0, 0.05) is 5.41 Å². The average Bonchev–Trinajstić information content (AvgIpc) is 2.67. The van der Waals surface area contributed by atoms with Crippen LogP contribution in [0.5, 0.6) is 0 Å². The number of hydrogen-bond donors (Lipinski definition) is 1. The van der Waals surface area contributed by atoms with Crippen LogP contribution in [0.3, 0.4) is 0 Å². The van der Waals surface area contributed by atoms with Gasteiger partial charge in [0.1, 0.15) is 5.76 Å². The minimum atomic E-state index is -0.413. The van der Waals surface area contributed by atoms with Crippen molar-refractivity contribution < 1.29 is 9.52 Å². The van der Waals surface area contributed by atoms with E-state index in [0.717, 1.165) is 18.6 Å². The summed E-state index contributed by atoms with van der Waals surface area (Å²) in [6.45, 7) is 7.78. The summed E-state index contributed by atoms with van der Waals surface area (Å²) in [6, 6.07) is 3.86. The minimum absolute atomic E-state index is 0.0203. The highest BCUT2D eigenvalue weighted by molar-refractivity contribution is 5.10. The van der Waals surface area contributed by atoms with E-state index in [2.05, 4.69) is 20.4 Å². The molecule has 0 radical (unpaired) electrons. The van der Waals surface area contributed by atoms with Crippen molar-refractivity contribution >= 4 is 0 Å². The molecule has 2 heteroatoms. The molecule has 0 bridgehead atoms. The fraction of sp³-hybridized carbons (Fsp3) is 0.500. The van der Waals surface area contributed by atoms with Gasteiger partial charge < -0.3 is 9.52 Å². The molecule has 1 heterocycles. The highest BCUT2D eigenvalue weighted by atomic mass is 16.3. The van der Waals surface area contributed by atoms with Crippen molar-refractivity contribution in [2.45, 2.75) is 38.2 Å². The molecule has 1 aromatic rings. The van der Waals surface area contributed by atoms with Crippen molar-refractivity contribution in [2.24, 2.45) is 0 Å². The predicted molar refractivity (Wildman–Crippen MR) is 57.2 cm³/mol. The molecule has 0 amide bonds. The summed E-state index contributed by atoms with van der Waals surface area (Å²) in [5.41, 5.74) is -0.0203. The lowest BCUT2D eigenvalue weighted by Crippen LogP contribution is -2.18. The number of aliphatic hydroxyl groups excluding tert-OH is 1. The molecule has 1 rings (SSSR count).